The largest absolute Gasteiger partial charge is 0.497 e. The van der Waals surface area contributed by atoms with Crippen LogP contribution in [-0.4, -0.2) is 48.6 Å². The third kappa shape index (κ3) is 7.81. The van der Waals surface area contributed by atoms with Gasteiger partial charge in [0.05, 0.1) is 44.4 Å². The molecule has 1 atom stereocenters. The van der Waals surface area contributed by atoms with E-state index in [2.05, 4.69) is 15.6 Å². The predicted molar refractivity (Wildman–Crippen MR) is 106 cm³/mol. The zero-order chi connectivity index (χ0) is 20.4. The van der Waals surface area contributed by atoms with Crippen LogP contribution in [0.2, 0.25) is 0 Å². The lowest BCUT2D eigenvalue weighted by Crippen LogP contribution is -2.37. The summed E-state index contributed by atoms with van der Waals surface area (Å²) < 4.78 is 16.0. The number of aliphatic hydroxyl groups is 1. The molecule has 8 nitrogen and oxygen atoms in total. The molecule has 0 bridgehead atoms. The van der Waals surface area contributed by atoms with Crippen LogP contribution in [0.3, 0.4) is 0 Å². The molecule has 2 amide bonds. The number of nitrogens with zero attached hydrogens (tertiary/aromatic N) is 1. The Labute approximate surface area is 164 Å². The van der Waals surface area contributed by atoms with Crippen LogP contribution in [0.5, 0.6) is 11.6 Å². The standard InChI is InChI=1S/C20H27N3O5/c1-14(2)28-19-9-6-16(10-21-19)23-20(25)22-11-17(24)13-27-12-15-4-7-18(26-3)8-5-15/h4-10,14,17,24H,11-13H2,1-3H3,(H2,22,23,25). The zero-order valence-electron chi connectivity index (χ0n) is 16.3. The van der Waals surface area contributed by atoms with Crippen LogP contribution < -0.4 is 20.1 Å². The summed E-state index contributed by atoms with van der Waals surface area (Å²) in [6, 6.07) is 10.4. The minimum atomic E-state index is -0.816. The first kappa shape index (κ1) is 21.5. The van der Waals surface area contributed by atoms with E-state index in [1.165, 1.54) is 6.20 Å². The van der Waals surface area contributed by atoms with Crippen molar-refractivity contribution in [3.8, 4) is 11.6 Å². The van der Waals surface area contributed by atoms with Crippen molar-refractivity contribution in [1.29, 1.82) is 0 Å². The molecule has 8 heteroatoms. The van der Waals surface area contributed by atoms with Gasteiger partial charge in [-0.05, 0) is 37.6 Å². The average Bonchev–Trinajstić information content (AvgIpc) is 2.68. The number of nitrogens with one attached hydrogen (secondary N) is 2. The highest BCUT2D eigenvalue weighted by Crippen LogP contribution is 2.13. The van der Waals surface area contributed by atoms with Crippen molar-refractivity contribution >= 4 is 11.7 Å². The number of hydrogen-bond donors (Lipinski definition) is 3. The molecule has 0 fully saturated rings. The van der Waals surface area contributed by atoms with Gasteiger partial charge in [0.25, 0.3) is 0 Å². The fourth-order valence-corrected chi connectivity index (χ4v) is 2.24. The van der Waals surface area contributed by atoms with E-state index >= 15 is 0 Å². The number of ether oxygens (including phenoxy) is 3. The second-order valence-corrected chi connectivity index (χ2v) is 6.40. The lowest BCUT2D eigenvalue weighted by atomic mass is 10.2. The first-order chi connectivity index (χ1) is 13.5. The highest BCUT2D eigenvalue weighted by Gasteiger charge is 2.08. The lowest BCUT2D eigenvalue weighted by molar-refractivity contribution is 0.0302. The summed E-state index contributed by atoms with van der Waals surface area (Å²) in [7, 11) is 1.61. The molecule has 0 spiro atoms. The van der Waals surface area contributed by atoms with Crippen molar-refractivity contribution < 1.29 is 24.1 Å². The molecule has 0 radical (unpaired) electrons. The number of methoxy groups -OCH3 is 1. The van der Waals surface area contributed by atoms with Crippen molar-refractivity contribution in [1.82, 2.24) is 10.3 Å². The molecule has 0 aliphatic carbocycles. The Kier molecular flexibility index (Phi) is 8.51. The lowest BCUT2D eigenvalue weighted by Gasteiger charge is -2.13. The van der Waals surface area contributed by atoms with E-state index in [1.54, 1.807) is 19.2 Å². The molecule has 2 aromatic rings. The summed E-state index contributed by atoms with van der Waals surface area (Å²) in [6.45, 7) is 4.36. The van der Waals surface area contributed by atoms with Gasteiger partial charge in [-0.25, -0.2) is 9.78 Å². The number of aliphatic hydroxyl groups excluding tert-OH is 1. The van der Waals surface area contributed by atoms with E-state index in [4.69, 9.17) is 14.2 Å². The highest BCUT2D eigenvalue weighted by atomic mass is 16.5. The normalized spacial score (nSPS) is 11.8. The first-order valence-corrected chi connectivity index (χ1v) is 9.02. The van der Waals surface area contributed by atoms with Gasteiger partial charge in [-0.3, -0.25) is 0 Å². The van der Waals surface area contributed by atoms with Gasteiger partial charge in [-0.1, -0.05) is 12.1 Å². The van der Waals surface area contributed by atoms with Gasteiger partial charge < -0.3 is 30.0 Å². The van der Waals surface area contributed by atoms with E-state index in [0.29, 0.717) is 18.2 Å². The van der Waals surface area contributed by atoms with E-state index in [9.17, 15) is 9.90 Å². The van der Waals surface area contributed by atoms with Gasteiger partial charge in [-0.2, -0.15) is 0 Å². The van der Waals surface area contributed by atoms with Crippen LogP contribution in [0.1, 0.15) is 19.4 Å². The summed E-state index contributed by atoms with van der Waals surface area (Å²) in [5.74, 6) is 1.27. The molecule has 0 aliphatic heterocycles. The van der Waals surface area contributed by atoms with Crippen molar-refractivity contribution in [3.63, 3.8) is 0 Å². The number of anilines is 1. The number of pyridine rings is 1. The number of carbonyl (C=O) groups excluding carboxylic acids is 1. The number of amides is 2. The van der Waals surface area contributed by atoms with Gasteiger partial charge in [-0.15, -0.1) is 0 Å². The quantitative estimate of drug-likeness (QED) is 0.577. The molecule has 0 saturated carbocycles. The number of aromatic nitrogens is 1. The molecule has 0 aliphatic rings. The van der Waals surface area contributed by atoms with Gasteiger partial charge in [0, 0.05) is 12.6 Å². The first-order valence-electron chi connectivity index (χ1n) is 9.02. The Bertz CT molecular complexity index is 720. The topological polar surface area (TPSA) is 102 Å². The van der Waals surface area contributed by atoms with Gasteiger partial charge in [0.2, 0.25) is 5.88 Å². The van der Waals surface area contributed by atoms with Gasteiger partial charge in [0.1, 0.15) is 5.75 Å². The molecule has 3 N–H and O–H groups in total. The number of rotatable bonds is 10. The highest BCUT2D eigenvalue weighted by molar-refractivity contribution is 5.89. The van der Waals surface area contributed by atoms with E-state index in [-0.39, 0.29) is 19.3 Å². The zero-order valence-corrected chi connectivity index (χ0v) is 16.3. The molecule has 1 aromatic carbocycles. The number of benzene rings is 1. The summed E-state index contributed by atoms with van der Waals surface area (Å²) in [5, 5.41) is 15.2. The summed E-state index contributed by atoms with van der Waals surface area (Å²) in [6.07, 6.45) is 0.720. The molecular weight excluding hydrogens is 362 g/mol. The third-order valence-electron chi connectivity index (χ3n) is 3.59. The minimum Gasteiger partial charge on any atom is -0.497 e. The minimum absolute atomic E-state index is 0.0306. The fourth-order valence-electron chi connectivity index (χ4n) is 2.24. The Morgan fingerprint density at radius 1 is 1.18 bits per heavy atom. The van der Waals surface area contributed by atoms with E-state index in [1.807, 2.05) is 38.1 Å². The number of urea groups is 1. The van der Waals surface area contributed by atoms with Crippen molar-refractivity contribution in [2.24, 2.45) is 0 Å². The molecule has 1 aromatic heterocycles. The Morgan fingerprint density at radius 2 is 1.93 bits per heavy atom. The second-order valence-electron chi connectivity index (χ2n) is 6.40. The number of carbonyl (C=O) groups is 1. The van der Waals surface area contributed by atoms with Crippen LogP contribution in [0.25, 0.3) is 0 Å². The second kappa shape index (κ2) is 11.1. The summed E-state index contributed by atoms with van der Waals surface area (Å²) in [4.78, 5) is 16.0. The monoisotopic (exact) mass is 389 g/mol. The van der Waals surface area contributed by atoms with Crippen LogP contribution >= 0.6 is 0 Å². The van der Waals surface area contributed by atoms with E-state index in [0.717, 1.165) is 11.3 Å². The van der Waals surface area contributed by atoms with Gasteiger partial charge >= 0.3 is 6.03 Å². The van der Waals surface area contributed by atoms with Crippen molar-refractivity contribution in [2.75, 3.05) is 25.6 Å². The Hall–Kier alpha value is -2.84. The number of hydrogen-bond acceptors (Lipinski definition) is 6. The Morgan fingerprint density at radius 3 is 2.54 bits per heavy atom. The predicted octanol–water partition coefficient (Wildman–Crippen LogP) is 2.58. The SMILES string of the molecule is COc1ccc(COCC(O)CNC(=O)Nc2ccc(OC(C)C)nc2)cc1. The molecule has 1 heterocycles. The molecule has 28 heavy (non-hydrogen) atoms. The van der Waals surface area contributed by atoms with Crippen molar-refractivity contribution in [2.45, 2.75) is 32.7 Å². The maximum Gasteiger partial charge on any atom is 0.319 e. The van der Waals surface area contributed by atoms with E-state index < -0.39 is 12.1 Å². The third-order valence-corrected chi connectivity index (χ3v) is 3.59. The maximum absolute atomic E-state index is 11.9. The van der Waals surface area contributed by atoms with Gasteiger partial charge in [0.15, 0.2) is 0 Å². The van der Waals surface area contributed by atoms with Crippen LogP contribution in [-0.2, 0) is 11.3 Å². The average molecular weight is 389 g/mol. The van der Waals surface area contributed by atoms with Crippen LogP contribution in [0.4, 0.5) is 10.5 Å². The smallest absolute Gasteiger partial charge is 0.319 e. The molecule has 2 rings (SSSR count). The van der Waals surface area contributed by atoms with Crippen molar-refractivity contribution in [3.05, 3.63) is 48.2 Å². The molecule has 0 saturated heterocycles. The molecular formula is C20H27N3O5. The van der Waals surface area contributed by atoms with Crippen LogP contribution in [0.15, 0.2) is 42.6 Å². The fraction of sp³-hybridized carbons (Fsp3) is 0.400. The maximum atomic E-state index is 11.9. The molecule has 1 unspecified atom stereocenters. The summed E-state index contributed by atoms with van der Waals surface area (Å²) in [5.41, 5.74) is 1.50. The Balaban J connectivity index is 1.64. The molecule has 152 valence electrons. The summed E-state index contributed by atoms with van der Waals surface area (Å²) >= 11 is 0. The van der Waals surface area contributed by atoms with Crippen LogP contribution in [0, 0.1) is 0 Å².